The number of hydrogen-bond donors (Lipinski definition) is 0. The Bertz CT molecular complexity index is 1480. The first-order valence-corrected chi connectivity index (χ1v) is 10.6. The lowest BCUT2D eigenvalue weighted by Gasteiger charge is -2.23. The van der Waals surface area contributed by atoms with Crippen LogP contribution in [0.3, 0.4) is 0 Å². The van der Waals surface area contributed by atoms with E-state index in [-0.39, 0.29) is 18.4 Å². The Balaban J connectivity index is 1.41. The zero-order chi connectivity index (χ0) is 21.8. The number of aryl methyl sites for hydroxylation is 2. The number of hydrogen-bond acceptors (Lipinski definition) is 5. The lowest BCUT2D eigenvalue weighted by atomic mass is 10.1. The van der Waals surface area contributed by atoms with Crippen molar-refractivity contribution in [3.8, 4) is 0 Å². The maximum atomic E-state index is 13.6. The van der Waals surface area contributed by atoms with E-state index in [1.807, 2.05) is 62.4 Å². The Hall–Kier alpha value is -4.07. The fraction of sp³-hybridized carbons (Fsp3) is 0.208. The van der Waals surface area contributed by atoms with Crippen molar-refractivity contribution < 1.29 is 4.79 Å². The highest BCUT2D eigenvalue weighted by Crippen LogP contribution is 2.38. The third-order valence-corrected chi connectivity index (χ3v) is 5.94. The summed E-state index contributed by atoms with van der Waals surface area (Å²) in [7, 11) is 0. The molecule has 0 radical (unpaired) electrons. The second-order valence-corrected chi connectivity index (χ2v) is 8.16. The van der Waals surface area contributed by atoms with Gasteiger partial charge in [-0.25, -0.2) is 14.5 Å². The normalized spacial score (nSPS) is 15.6. The third-order valence-electron chi connectivity index (χ3n) is 5.94. The topological polar surface area (TPSA) is 81.2 Å². The smallest absolute Gasteiger partial charge is 0.252 e. The molecule has 8 nitrogen and oxygen atoms in total. The maximum absolute atomic E-state index is 13.6. The Morgan fingerprint density at radius 2 is 1.78 bits per heavy atom. The van der Waals surface area contributed by atoms with Gasteiger partial charge in [-0.2, -0.15) is 4.98 Å². The van der Waals surface area contributed by atoms with Crippen molar-refractivity contribution >= 4 is 28.7 Å². The molecule has 32 heavy (non-hydrogen) atoms. The Morgan fingerprint density at radius 3 is 2.62 bits per heavy atom. The number of amides is 1. The average Bonchev–Trinajstić information content (AvgIpc) is 3.45. The molecule has 0 spiro atoms. The largest absolute Gasteiger partial charge is 0.307 e. The van der Waals surface area contributed by atoms with Gasteiger partial charge in [0, 0.05) is 11.4 Å². The van der Waals surface area contributed by atoms with Gasteiger partial charge in [-0.05, 0) is 37.6 Å². The van der Waals surface area contributed by atoms with Crippen molar-refractivity contribution in [2.24, 2.45) is 0 Å². The van der Waals surface area contributed by atoms with Crippen LogP contribution in [0.5, 0.6) is 0 Å². The van der Waals surface area contributed by atoms with E-state index in [0.29, 0.717) is 24.1 Å². The molecule has 8 heteroatoms. The van der Waals surface area contributed by atoms with Crippen molar-refractivity contribution in [3.63, 3.8) is 0 Å². The molecule has 4 heterocycles. The van der Waals surface area contributed by atoms with Crippen molar-refractivity contribution in [3.05, 3.63) is 83.4 Å². The van der Waals surface area contributed by atoms with E-state index in [1.54, 1.807) is 9.42 Å². The Morgan fingerprint density at radius 1 is 1.00 bits per heavy atom. The molecule has 0 unspecified atom stereocenters. The van der Waals surface area contributed by atoms with Crippen LogP contribution in [0.25, 0.3) is 16.8 Å². The first kappa shape index (κ1) is 18.7. The van der Waals surface area contributed by atoms with Crippen LogP contribution in [0.2, 0.25) is 0 Å². The summed E-state index contributed by atoms with van der Waals surface area (Å²) in [5, 5.41) is 4.53. The number of nitrogens with zero attached hydrogens (tertiary/aromatic N) is 7. The highest BCUT2D eigenvalue weighted by molar-refractivity contribution is 5.96. The summed E-state index contributed by atoms with van der Waals surface area (Å²) in [5.74, 6) is 1.55. The average molecular weight is 423 g/mol. The van der Waals surface area contributed by atoms with Crippen LogP contribution in [0.4, 0.5) is 5.95 Å². The molecule has 1 atom stereocenters. The number of imidazole rings is 1. The summed E-state index contributed by atoms with van der Waals surface area (Å²) in [6.07, 6.45) is 0.0778. The molecular formula is C24H21N7O. The van der Waals surface area contributed by atoms with E-state index >= 15 is 0 Å². The van der Waals surface area contributed by atoms with Crippen molar-refractivity contribution in [1.29, 1.82) is 0 Å². The Labute approximate surface area is 184 Å². The number of para-hydroxylation sites is 2. The van der Waals surface area contributed by atoms with Gasteiger partial charge in [-0.15, -0.1) is 5.10 Å². The van der Waals surface area contributed by atoms with Gasteiger partial charge in [-0.1, -0.05) is 42.5 Å². The zero-order valence-corrected chi connectivity index (χ0v) is 17.8. The van der Waals surface area contributed by atoms with Gasteiger partial charge in [0.2, 0.25) is 11.9 Å². The van der Waals surface area contributed by atoms with Crippen LogP contribution in [-0.2, 0) is 17.8 Å². The molecule has 0 saturated carbocycles. The minimum Gasteiger partial charge on any atom is -0.307 e. The summed E-state index contributed by atoms with van der Waals surface area (Å²) in [5.41, 5.74) is 4.79. The quantitative estimate of drug-likeness (QED) is 0.444. The van der Waals surface area contributed by atoms with E-state index in [4.69, 9.17) is 4.98 Å². The van der Waals surface area contributed by atoms with Gasteiger partial charge in [-0.3, -0.25) is 9.69 Å². The molecule has 0 saturated heterocycles. The fourth-order valence-corrected chi connectivity index (χ4v) is 4.54. The predicted molar refractivity (Wildman–Crippen MR) is 120 cm³/mol. The van der Waals surface area contributed by atoms with Gasteiger partial charge in [0.25, 0.3) is 5.78 Å². The number of rotatable bonds is 3. The standard InChI is InChI=1S/C24H21N7O/c1-15-12-16(2)31-23(25-15)27-21(28-31)13-22(32)30-20(17-8-4-3-5-9-17)14-29-19-11-7-6-10-18(19)26-24(29)30/h3-12,20H,13-14H2,1-2H3/t20-/m1/s1. The van der Waals surface area contributed by atoms with Crippen molar-refractivity contribution in [2.45, 2.75) is 32.9 Å². The van der Waals surface area contributed by atoms with Gasteiger partial charge in [0.1, 0.15) is 0 Å². The van der Waals surface area contributed by atoms with Crippen LogP contribution in [0, 0.1) is 13.8 Å². The van der Waals surface area contributed by atoms with Crippen LogP contribution < -0.4 is 4.90 Å². The van der Waals surface area contributed by atoms with Crippen LogP contribution >= 0.6 is 0 Å². The predicted octanol–water partition coefficient (Wildman–Crippen LogP) is 3.42. The van der Waals surface area contributed by atoms with Gasteiger partial charge >= 0.3 is 0 Å². The van der Waals surface area contributed by atoms with E-state index in [9.17, 15) is 4.79 Å². The van der Waals surface area contributed by atoms with Gasteiger partial charge in [0.05, 0.1) is 30.0 Å². The lowest BCUT2D eigenvalue weighted by Crippen LogP contribution is -2.34. The van der Waals surface area contributed by atoms with E-state index in [0.717, 1.165) is 28.0 Å². The molecular weight excluding hydrogens is 402 g/mol. The molecule has 158 valence electrons. The number of carbonyl (C=O) groups is 1. The van der Waals surface area contributed by atoms with Crippen LogP contribution in [0.1, 0.15) is 28.8 Å². The molecule has 0 fully saturated rings. The fourth-order valence-electron chi connectivity index (χ4n) is 4.54. The van der Waals surface area contributed by atoms with Crippen LogP contribution in [-0.4, -0.2) is 35.0 Å². The SMILES string of the molecule is Cc1cc(C)n2nc(CC(=O)N3c4nc5ccccc5n4C[C@@H]3c3ccccc3)nc2n1. The van der Waals surface area contributed by atoms with Crippen molar-refractivity contribution in [1.82, 2.24) is 29.1 Å². The molecule has 0 bridgehead atoms. The van der Waals surface area contributed by atoms with Gasteiger partial charge < -0.3 is 4.57 Å². The lowest BCUT2D eigenvalue weighted by molar-refractivity contribution is -0.118. The summed E-state index contributed by atoms with van der Waals surface area (Å²) in [4.78, 5) is 29.2. The minimum absolute atomic E-state index is 0.0778. The molecule has 1 amide bonds. The van der Waals surface area contributed by atoms with E-state index < -0.39 is 0 Å². The third kappa shape index (κ3) is 2.87. The summed E-state index contributed by atoms with van der Waals surface area (Å²) < 4.78 is 3.81. The minimum atomic E-state index is -0.130. The van der Waals surface area contributed by atoms with Crippen molar-refractivity contribution in [2.75, 3.05) is 4.90 Å². The van der Waals surface area contributed by atoms with Crippen LogP contribution in [0.15, 0.2) is 60.7 Å². The van der Waals surface area contributed by atoms with E-state index in [2.05, 4.69) is 31.8 Å². The molecule has 5 aromatic rings. The molecule has 1 aliphatic rings. The highest BCUT2D eigenvalue weighted by Gasteiger charge is 2.38. The summed E-state index contributed by atoms with van der Waals surface area (Å²) in [6.45, 7) is 4.53. The molecule has 0 N–H and O–H groups in total. The molecule has 1 aliphatic heterocycles. The highest BCUT2D eigenvalue weighted by atomic mass is 16.2. The second kappa shape index (κ2) is 6.98. The number of carbonyl (C=O) groups excluding carboxylic acids is 1. The molecule has 6 rings (SSSR count). The Kier molecular flexibility index (Phi) is 4.07. The second-order valence-electron chi connectivity index (χ2n) is 8.16. The number of anilines is 1. The number of benzene rings is 2. The first-order valence-electron chi connectivity index (χ1n) is 10.6. The zero-order valence-electron chi connectivity index (χ0n) is 17.8. The van der Waals surface area contributed by atoms with E-state index in [1.165, 1.54) is 0 Å². The first-order chi connectivity index (χ1) is 15.6. The molecule has 3 aromatic heterocycles. The monoisotopic (exact) mass is 423 g/mol. The number of aromatic nitrogens is 6. The van der Waals surface area contributed by atoms with Gasteiger partial charge in [0.15, 0.2) is 5.82 Å². The molecule has 2 aromatic carbocycles. The summed E-state index contributed by atoms with van der Waals surface area (Å²) >= 11 is 0. The number of fused-ring (bicyclic) bond motifs is 4. The molecule has 0 aliphatic carbocycles. The summed E-state index contributed by atoms with van der Waals surface area (Å²) in [6, 6.07) is 19.9. The maximum Gasteiger partial charge on any atom is 0.252 e.